The Morgan fingerprint density at radius 2 is 1.60 bits per heavy atom. The van der Waals surface area contributed by atoms with Crippen molar-refractivity contribution in [1.29, 1.82) is 0 Å². The molecule has 0 saturated carbocycles. The lowest BCUT2D eigenvalue weighted by molar-refractivity contribution is -0.147. The molecular weight excluding hydrogens is 384 g/mol. The summed E-state index contributed by atoms with van der Waals surface area (Å²) in [5, 5.41) is 5.15. The first-order valence-corrected chi connectivity index (χ1v) is 9.63. The number of rotatable bonds is 8. The molecule has 0 unspecified atom stereocenters. The highest BCUT2D eigenvalue weighted by Crippen LogP contribution is 2.22. The Kier molecular flexibility index (Phi) is 7.98. The van der Waals surface area contributed by atoms with Crippen molar-refractivity contribution < 1.29 is 23.9 Å². The van der Waals surface area contributed by atoms with Gasteiger partial charge in [-0.3, -0.25) is 14.4 Å². The molecule has 0 radical (unpaired) electrons. The number of methoxy groups -OCH3 is 1. The molecule has 30 heavy (non-hydrogen) atoms. The number of carbonyl (C=O) groups is 3. The second-order valence-corrected chi connectivity index (χ2v) is 7.76. The predicted octanol–water partition coefficient (Wildman–Crippen LogP) is 2.58. The molecule has 0 aliphatic heterocycles. The van der Waals surface area contributed by atoms with Gasteiger partial charge in [-0.1, -0.05) is 51.1 Å². The van der Waals surface area contributed by atoms with Gasteiger partial charge in [0.05, 0.1) is 7.11 Å². The molecule has 0 bridgehead atoms. The van der Waals surface area contributed by atoms with Gasteiger partial charge in [0.1, 0.15) is 12.3 Å². The molecule has 2 aromatic rings. The van der Waals surface area contributed by atoms with Crippen LogP contribution < -0.4 is 15.4 Å². The van der Waals surface area contributed by atoms with E-state index in [0.717, 1.165) is 11.1 Å². The summed E-state index contributed by atoms with van der Waals surface area (Å²) >= 11 is 0. The van der Waals surface area contributed by atoms with Gasteiger partial charge in [-0.2, -0.15) is 0 Å². The van der Waals surface area contributed by atoms with E-state index in [1.54, 1.807) is 25.3 Å². The van der Waals surface area contributed by atoms with Crippen molar-refractivity contribution in [3.8, 4) is 5.75 Å². The minimum Gasteiger partial charge on any atom is -0.496 e. The standard InChI is InChI=1S/C23H28N2O5/c1-23(2,3)18-11-9-16(10-12-18)22(28)25-14-21(27)30-15-20(26)24-13-17-7-5-6-8-19(17)29-4/h5-12H,13-15H2,1-4H3,(H,24,26)(H,25,28). The highest BCUT2D eigenvalue weighted by molar-refractivity contribution is 5.96. The number of nitrogens with one attached hydrogen (secondary N) is 2. The Hall–Kier alpha value is -3.35. The summed E-state index contributed by atoms with van der Waals surface area (Å²) in [7, 11) is 1.55. The molecule has 7 heteroatoms. The summed E-state index contributed by atoms with van der Waals surface area (Å²) in [5.41, 5.74) is 2.36. The molecule has 160 valence electrons. The summed E-state index contributed by atoms with van der Waals surface area (Å²) in [6.45, 7) is 5.77. The molecule has 0 aliphatic rings. The molecule has 0 atom stereocenters. The zero-order chi connectivity index (χ0) is 22.1. The molecule has 0 aliphatic carbocycles. The van der Waals surface area contributed by atoms with Crippen LogP contribution in [0.15, 0.2) is 48.5 Å². The Morgan fingerprint density at radius 1 is 0.933 bits per heavy atom. The van der Waals surface area contributed by atoms with E-state index in [0.29, 0.717) is 11.3 Å². The van der Waals surface area contributed by atoms with E-state index in [4.69, 9.17) is 9.47 Å². The summed E-state index contributed by atoms with van der Waals surface area (Å²) in [6.07, 6.45) is 0. The molecule has 2 aromatic carbocycles. The van der Waals surface area contributed by atoms with E-state index in [9.17, 15) is 14.4 Å². The van der Waals surface area contributed by atoms with Crippen molar-refractivity contribution in [1.82, 2.24) is 10.6 Å². The number of carbonyl (C=O) groups excluding carboxylic acids is 3. The molecule has 0 aromatic heterocycles. The van der Waals surface area contributed by atoms with Crippen molar-refractivity contribution in [2.24, 2.45) is 0 Å². The third-order valence-corrected chi connectivity index (χ3v) is 4.44. The van der Waals surface area contributed by atoms with Crippen LogP contribution in [0.1, 0.15) is 42.3 Å². The number of ether oxygens (including phenoxy) is 2. The first-order chi connectivity index (χ1) is 14.2. The quantitative estimate of drug-likeness (QED) is 0.650. The second-order valence-electron chi connectivity index (χ2n) is 7.76. The molecule has 0 saturated heterocycles. The maximum absolute atomic E-state index is 12.2. The third-order valence-electron chi connectivity index (χ3n) is 4.44. The fourth-order valence-corrected chi connectivity index (χ4v) is 2.67. The molecule has 0 spiro atoms. The molecule has 0 heterocycles. The SMILES string of the molecule is COc1ccccc1CNC(=O)COC(=O)CNC(=O)c1ccc(C(C)(C)C)cc1. The van der Waals surface area contributed by atoms with Crippen molar-refractivity contribution in [3.63, 3.8) is 0 Å². The van der Waals surface area contributed by atoms with Crippen LogP contribution in [-0.4, -0.2) is 38.0 Å². The Labute approximate surface area is 176 Å². The minimum atomic E-state index is -0.692. The van der Waals surface area contributed by atoms with Gasteiger partial charge in [0.15, 0.2) is 6.61 Å². The van der Waals surface area contributed by atoms with Crippen molar-refractivity contribution in [2.75, 3.05) is 20.3 Å². The summed E-state index contributed by atoms with van der Waals surface area (Å²) in [5.74, 6) is -0.860. The van der Waals surface area contributed by atoms with Crippen LogP contribution in [0.2, 0.25) is 0 Å². The number of hydrogen-bond donors (Lipinski definition) is 2. The number of hydrogen-bond acceptors (Lipinski definition) is 5. The number of para-hydroxylation sites is 1. The smallest absolute Gasteiger partial charge is 0.325 e. The Morgan fingerprint density at radius 3 is 2.23 bits per heavy atom. The average molecular weight is 412 g/mol. The maximum Gasteiger partial charge on any atom is 0.325 e. The van der Waals surface area contributed by atoms with Crippen LogP contribution in [0.4, 0.5) is 0 Å². The van der Waals surface area contributed by atoms with Crippen molar-refractivity contribution >= 4 is 17.8 Å². The van der Waals surface area contributed by atoms with Crippen LogP contribution in [0.25, 0.3) is 0 Å². The summed E-state index contributed by atoms with van der Waals surface area (Å²) in [6, 6.07) is 14.5. The highest BCUT2D eigenvalue weighted by Gasteiger charge is 2.15. The maximum atomic E-state index is 12.2. The first kappa shape index (κ1) is 22.9. The van der Waals surface area contributed by atoms with Gasteiger partial charge in [-0.05, 0) is 29.2 Å². The van der Waals surface area contributed by atoms with E-state index >= 15 is 0 Å². The molecule has 7 nitrogen and oxygen atoms in total. The van der Waals surface area contributed by atoms with E-state index in [-0.39, 0.29) is 24.4 Å². The minimum absolute atomic E-state index is 0.00890. The normalized spacial score (nSPS) is 10.8. The highest BCUT2D eigenvalue weighted by atomic mass is 16.5. The molecule has 0 fully saturated rings. The lowest BCUT2D eigenvalue weighted by Gasteiger charge is -2.19. The molecule has 2 N–H and O–H groups in total. The topological polar surface area (TPSA) is 93.7 Å². The van der Waals surface area contributed by atoms with E-state index < -0.39 is 18.5 Å². The fraction of sp³-hybridized carbons (Fsp3) is 0.348. The largest absolute Gasteiger partial charge is 0.496 e. The van der Waals surface area contributed by atoms with E-state index in [1.807, 2.05) is 30.3 Å². The third kappa shape index (κ3) is 6.92. The van der Waals surface area contributed by atoms with Gasteiger partial charge in [0, 0.05) is 17.7 Å². The number of benzene rings is 2. The molecule has 2 rings (SSSR count). The fourth-order valence-electron chi connectivity index (χ4n) is 2.67. The zero-order valence-corrected chi connectivity index (χ0v) is 17.8. The van der Waals surface area contributed by atoms with Gasteiger partial charge in [0.25, 0.3) is 11.8 Å². The van der Waals surface area contributed by atoms with Gasteiger partial charge in [-0.15, -0.1) is 0 Å². The lowest BCUT2D eigenvalue weighted by atomic mass is 9.87. The Balaban J connectivity index is 1.72. The molecular formula is C23H28N2O5. The van der Waals surface area contributed by atoms with Gasteiger partial charge in [0.2, 0.25) is 0 Å². The summed E-state index contributed by atoms with van der Waals surface area (Å²) < 4.78 is 10.1. The van der Waals surface area contributed by atoms with Crippen LogP contribution in [0.3, 0.4) is 0 Å². The second kappa shape index (κ2) is 10.4. The van der Waals surface area contributed by atoms with Crippen molar-refractivity contribution in [2.45, 2.75) is 32.7 Å². The monoisotopic (exact) mass is 412 g/mol. The average Bonchev–Trinajstić information content (AvgIpc) is 2.74. The number of amides is 2. The zero-order valence-electron chi connectivity index (χ0n) is 17.8. The lowest BCUT2D eigenvalue weighted by Crippen LogP contribution is -2.33. The van der Waals surface area contributed by atoms with Gasteiger partial charge < -0.3 is 20.1 Å². The van der Waals surface area contributed by atoms with Crippen LogP contribution in [0, 0.1) is 0 Å². The van der Waals surface area contributed by atoms with Crippen LogP contribution in [0.5, 0.6) is 5.75 Å². The van der Waals surface area contributed by atoms with Gasteiger partial charge in [-0.25, -0.2) is 0 Å². The Bertz CT molecular complexity index is 885. The molecule has 2 amide bonds. The van der Waals surface area contributed by atoms with Crippen LogP contribution in [-0.2, 0) is 26.3 Å². The van der Waals surface area contributed by atoms with Crippen LogP contribution >= 0.6 is 0 Å². The predicted molar refractivity (Wildman–Crippen MR) is 113 cm³/mol. The first-order valence-electron chi connectivity index (χ1n) is 9.63. The van der Waals surface area contributed by atoms with Crippen molar-refractivity contribution in [3.05, 3.63) is 65.2 Å². The van der Waals surface area contributed by atoms with E-state index in [1.165, 1.54) is 0 Å². The summed E-state index contributed by atoms with van der Waals surface area (Å²) in [4.78, 5) is 35.8. The number of esters is 1. The van der Waals surface area contributed by atoms with Gasteiger partial charge >= 0.3 is 5.97 Å². The van der Waals surface area contributed by atoms with E-state index in [2.05, 4.69) is 31.4 Å².